The van der Waals surface area contributed by atoms with Gasteiger partial charge in [0.25, 0.3) is 5.91 Å². The summed E-state index contributed by atoms with van der Waals surface area (Å²) in [5, 5.41) is 0. The molecule has 1 aliphatic rings. The van der Waals surface area contributed by atoms with Gasteiger partial charge in [0.1, 0.15) is 0 Å². The number of furan rings is 1. The van der Waals surface area contributed by atoms with Crippen LogP contribution >= 0.6 is 15.9 Å². The lowest BCUT2D eigenvalue weighted by molar-refractivity contribution is 0.0677. The number of likely N-dealkylation sites (tertiary alicyclic amines) is 1. The van der Waals surface area contributed by atoms with E-state index in [9.17, 15) is 13.2 Å². The van der Waals surface area contributed by atoms with Crippen molar-refractivity contribution in [3.8, 4) is 0 Å². The molecule has 0 saturated carbocycles. The van der Waals surface area contributed by atoms with E-state index in [-0.39, 0.29) is 17.7 Å². The van der Waals surface area contributed by atoms with Crippen LogP contribution in [0.1, 0.15) is 30.3 Å². The Hall–Kier alpha value is -0.860. The van der Waals surface area contributed by atoms with Gasteiger partial charge in [-0.2, -0.15) is 0 Å². The maximum atomic E-state index is 12.1. The topological polar surface area (TPSA) is 79.6 Å². The van der Waals surface area contributed by atoms with Crippen molar-refractivity contribution in [1.82, 2.24) is 9.62 Å². The van der Waals surface area contributed by atoms with Crippen LogP contribution in [0.5, 0.6) is 0 Å². The van der Waals surface area contributed by atoms with Crippen LogP contribution in [0.3, 0.4) is 0 Å². The van der Waals surface area contributed by atoms with Crippen LogP contribution in [-0.4, -0.2) is 44.1 Å². The second-order valence-corrected chi connectivity index (χ2v) is 7.52. The molecule has 2 rings (SSSR count). The summed E-state index contributed by atoms with van der Waals surface area (Å²) >= 11 is 3.16. The Kier molecular flexibility index (Phi) is 4.87. The van der Waals surface area contributed by atoms with Crippen molar-refractivity contribution in [2.75, 3.05) is 18.8 Å². The number of hydrogen-bond donors (Lipinski definition) is 1. The lowest BCUT2D eigenvalue weighted by Crippen LogP contribution is -2.46. The number of sulfonamides is 1. The van der Waals surface area contributed by atoms with Crippen molar-refractivity contribution in [2.45, 2.75) is 25.8 Å². The summed E-state index contributed by atoms with van der Waals surface area (Å²) in [6.07, 6.45) is 1.24. The molecule has 112 valence electrons. The zero-order valence-corrected chi connectivity index (χ0v) is 13.5. The predicted molar refractivity (Wildman–Crippen MR) is 77.9 cm³/mol. The minimum atomic E-state index is -3.18. The minimum Gasteiger partial charge on any atom is -0.444 e. The van der Waals surface area contributed by atoms with Gasteiger partial charge in [-0.05, 0) is 47.8 Å². The number of carbonyl (C=O) groups excluding carboxylic acids is 1. The first-order valence-corrected chi connectivity index (χ1v) is 8.90. The average Bonchev–Trinajstić information content (AvgIpc) is 2.85. The van der Waals surface area contributed by atoms with Gasteiger partial charge < -0.3 is 9.32 Å². The summed E-state index contributed by atoms with van der Waals surface area (Å²) in [6, 6.07) is 3.21. The van der Waals surface area contributed by atoms with Crippen molar-refractivity contribution in [1.29, 1.82) is 0 Å². The molecule has 1 fully saturated rings. The highest BCUT2D eigenvalue weighted by Crippen LogP contribution is 2.18. The Morgan fingerprint density at radius 2 is 2.10 bits per heavy atom. The summed E-state index contributed by atoms with van der Waals surface area (Å²) in [5.74, 6) is 0.212. The fraction of sp³-hybridized carbons (Fsp3) is 0.583. The molecular formula is C12H17BrN2O4S. The van der Waals surface area contributed by atoms with E-state index in [0.29, 0.717) is 36.4 Å². The molecular weight excluding hydrogens is 348 g/mol. The summed E-state index contributed by atoms with van der Waals surface area (Å²) in [6.45, 7) is 2.65. The Labute approximate surface area is 126 Å². The van der Waals surface area contributed by atoms with Gasteiger partial charge in [0.15, 0.2) is 10.4 Å². The summed E-state index contributed by atoms with van der Waals surface area (Å²) in [7, 11) is -3.18. The van der Waals surface area contributed by atoms with E-state index < -0.39 is 10.0 Å². The highest BCUT2D eigenvalue weighted by Gasteiger charge is 2.27. The fourth-order valence-electron chi connectivity index (χ4n) is 2.12. The third-order valence-corrected chi connectivity index (χ3v) is 5.17. The first-order valence-electron chi connectivity index (χ1n) is 6.46. The van der Waals surface area contributed by atoms with Gasteiger partial charge in [-0.3, -0.25) is 4.79 Å². The lowest BCUT2D eigenvalue weighted by atomic mass is 10.1. The van der Waals surface area contributed by atoms with E-state index in [1.807, 2.05) is 0 Å². The highest BCUT2D eigenvalue weighted by molar-refractivity contribution is 9.10. The molecule has 2 heterocycles. The van der Waals surface area contributed by atoms with E-state index in [4.69, 9.17) is 4.42 Å². The van der Waals surface area contributed by atoms with Crippen LogP contribution < -0.4 is 4.72 Å². The van der Waals surface area contributed by atoms with Crippen LogP contribution in [-0.2, 0) is 10.0 Å². The smallest absolute Gasteiger partial charge is 0.289 e. The molecule has 1 aromatic rings. The van der Waals surface area contributed by atoms with Gasteiger partial charge in [-0.15, -0.1) is 0 Å². The Balaban J connectivity index is 1.90. The van der Waals surface area contributed by atoms with Crippen LogP contribution in [0.15, 0.2) is 21.2 Å². The Morgan fingerprint density at radius 1 is 1.45 bits per heavy atom. The van der Waals surface area contributed by atoms with Gasteiger partial charge in [0.2, 0.25) is 10.0 Å². The number of piperidine rings is 1. The number of halogens is 1. The number of hydrogen-bond acceptors (Lipinski definition) is 4. The number of nitrogens with zero attached hydrogens (tertiary/aromatic N) is 1. The maximum Gasteiger partial charge on any atom is 0.289 e. The SMILES string of the molecule is CCS(=O)(=O)NC1CCN(C(=O)c2ccc(Br)o2)CC1. The normalized spacial score (nSPS) is 17.4. The van der Waals surface area contributed by atoms with Crippen molar-refractivity contribution < 1.29 is 17.6 Å². The maximum absolute atomic E-state index is 12.1. The summed E-state index contributed by atoms with van der Waals surface area (Å²) < 4.78 is 31.4. The molecule has 0 bridgehead atoms. The molecule has 0 atom stereocenters. The minimum absolute atomic E-state index is 0.0760. The third-order valence-electron chi connectivity index (χ3n) is 3.29. The van der Waals surface area contributed by atoms with E-state index in [1.54, 1.807) is 24.0 Å². The highest BCUT2D eigenvalue weighted by atomic mass is 79.9. The lowest BCUT2D eigenvalue weighted by Gasteiger charge is -2.31. The van der Waals surface area contributed by atoms with E-state index in [0.717, 1.165) is 0 Å². The number of amides is 1. The van der Waals surface area contributed by atoms with E-state index in [2.05, 4.69) is 20.7 Å². The van der Waals surface area contributed by atoms with Crippen LogP contribution in [0.2, 0.25) is 0 Å². The van der Waals surface area contributed by atoms with E-state index in [1.165, 1.54) is 0 Å². The van der Waals surface area contributed by atoms with Crippen LogP contribution in [0.4, 0.5) is 0 Å². The Bertz CT molecular complexity index is 576. The molecule has 1 aromatic heterocycles. The largest absolute Gasteiger partial charge is 0.444 e. The molecule has 0 unspecified atom stereocenters. The fourth-order valence-corrected chi connectivity index (χ4v) is 3.34. The number of nitrogens with one attached hydrogen (secondary N) is 1. The molecule has 1 amide bonds. The molecule has 20 heavy (non-hydrogen) atoms. The first-order chi connectivity index (χ1) is 9.41. The average molecular weight is 365 g/mol. The van der Waals surface area contributed by atoms with Gasteiger partial charge in [-0.25, -0.2) is 13.1 Å². The number of rotatable bonds is 4. The van der Waals surface area contributed by atoms with E-state index >= 15 is 0 Å². The molecule has 6 nitrogen and oxygen atoms in total. The van der Waals surface area contributed by atoms with Crippen molar-refractivity contribution >= 4 is 31.9 Å². The molecule has 0 spiro atoms. The molecule has 8 heteroatoms. The van der Waals surface area contributed by atoms with Gasteiger partial charge in [0, 0.05) is 19.1 Å². The molecule has 1 N–H and O–H groups in total. The van der Waals surface area contributed by atoms with Crippen molar-refractivity contribution in [3.63, 3.8) is 0 Å². The third kappa shape index (κ3) is 3.83. The molecule has 1 aliphatic heterocycles. The van der Waals surface area contributed by atoms with Crippen molar-refractivity contribution in [2.24, 2.45) is 0 Å². The zero-order chi connectivity index (χ0) is 14.8. The van der Waals surface area contributed by atoms with Crippen LogP contribution in [0.25, 0.3) is 0 Å². The summed E-state index contributed by atoms with van der Waals surface area (Å²) in [5.41, 5.74) is 0. The van der Waals surface area contributed by atoms with Gasteiger partial charge in [-0.1, -0.05) is 0 Å². The van der Waals surface area contributed by atoms with Gasteiger partial charge in [0.05, 0.1) is 5.75 Å². The second kappa shape index (κ2) is 6.28. The molecule has 0 aliphatic carbocycles. The zero-order valence-electron chi connectivity index (χ0n) is 11.1. The summed E-state index contributed by atoms with van der Waals surface area (Å²) in [4.78, 5) is 13.8. The van der Waals surface area contributed by atoms with Crippen molar-refractivity contribution in [3.05, 3.63) is 22.6 Å². The van der Waals surface area contributed by atoms with Gasteiger partial charge >= 0.3 is 0 Å². The molecule has 0 radical (unpaired) electrons. The quantitative estimate of drug-likeness (QED) is 0.879. The monoisotopic (exact) mass is 364 g/mol. The van der Waals surface area contributed by atoms with Crippen LogP contribution in [0, 0.1) is 0 Å². The standard InChI is InChI=1S/C12H17BrN2O4S/c1-2-20(17,18)14-9-5-7-15(8-6-9)12(16)10-3-4-11(13)19-10/h3-4,9,14H,2,5-8H2,1H3. The second-order valence-electron chi connectivity index (χ2n) is 4.69. The molecule has 1 saturated heterocycles. The molecule has 0 aromatic carbocycles. The first kappa shape index (κ1) is 15.5. The number of carbonyl (C=O) groups is 1. The predicted octanol–water partition coefficient (Wildman–Crippen LogP) is 1.59. The Morgan fingerprint density at radius 3 is 2.60 bits per heavy atom.